The molecule has 1 aromatic carbocycles. The van der Waals surface area contributed by atoms with E-state index in [2.05, 4.69) is 21.7 Å². The van der Waals surface area contributed by atoms with Crippen LogP contribution in [-0.2, 0) is 17.8 Å². The largest absolute Gasteiger partial charge is 0.323 e. The van der Waals surface area contributed by atoms with Gasteiger partial charge in [-0.25, -0.2) is 0 Å². The molecular formula is C16H16Cl2N2OS. The van der Waals surface area contributed by atoms with Crippen molar-refractivity contribution < 1.29 is 4.79 Å². The molecule has 2 heterocycles. The zero-order valence-corrected chi connectivity index (χ0v) is 14.4. The second-order valence-corrected chi connectivity index (χ2v) is 7.22. The number of fused-ring (bicyclic) bond motifs is 1. The second kappa shape index (κ2) is 6.59. The molecule has 1 atom stereocenters. The minimum Gasteiger partial charge on any atom is -0.323 e. The van der Waals surface area contributed by atoms with Gasteiger partial charge in [-0.1, -0.05) is 23.2 Å². The first-order valence-corrected chi connectivity index (χ1v) is 8.73. The molecule has 1 amide bonds. The van der Waals surface area contributed by atoms with E-state index < -0.39 is 0 Å². The van der Waals surface area contributed by atoms with E-state index in [1.54, 1.807) is 29.5 Å². The first-order valence-electron chi connectivity index (χ1n) is 7.10. The number of nitrogens with zero attached hydrogens (tertiary/aromatic N) is 1. The molecule has 22 heavy (non-hydrogen) atoms. The van der Waals surface area contributed by atoms with Gasteiger partial charge in [-0.3, -0.25) is 9.69 Å². The first kappa shape index (κ1) is 15.8. The SMILES string of the molecule is CC(C(=O)Nc1cc(Cl)ccc1Cl)N1CCc2sccc2C1. The van der Waals surface area contributed by atoms with E-state index in [0.29, 0.717) is 15.7 Å². The van der Waals surface area contributed by atoms with Crippen LogP contribution in [0.15, 0.2) is 29.6 Å². The fourth-order valence-electron chi connectivity index (χ4n) is 2.60. The summed E-state index contributed by atoms with van der Waals surface area (Å²) >= 11 is 13.8. The second-order valence-electron chi connectivity index (χ2n) is 5.38. The van der Waals surface area contributed by atoms with Gasteiger partial charge >= 0.3 is 0 Å². The minimum atomic E-state index is -0.219. The van der Waals surface area contributed by atoms with Gasteiger partial charge in [0.15, 0.2) is 0 Å². The number of thiophene rings is 1. The van der Waals surface area contributed by atoms with Crippen LogP contribution in [0, 0.1) is 0 Å². The van der Waals surface area contributed by atoms with Gasteiger partial charge in [0, 0.05) is 23.0 Å². The Morgan fingerprint density at radius 1 is 1.36 bits per heavy atom. The average Bonchev–Trinajstić information content (AvgIpc) is 2.97. The maximum absolute atomic E-state index is 12.5. The van der Waals surface area contributed by atoms with Crippen molar-refractivity contribution in [3.05, 3.63) is 50.1 Å². The van der Waals surface area contributed by atoms with E-state index in [-0.39, 0.29) is 11.9 Å². The molecule has 1 N–H and O–H groups in total. The Hall–Kier alpha value is -1.07. The monoisotopic (exact) mass is 354 g/mol. The van der Waals surface area contributed by atoms with Gasteiger partial charge in [0.25, 0.3) is 0 Å². The number of halogens is 2. The highest BCUT2D eigenvalue weighted by Gasteiger charge is 2.26. The number of benzene rings is 1. The van der Waals surface area contributed by atoms with Crippen LogP contribution >= 0.6 is 34.5 Å². The summed E-state index contributed by atoms with van der Waals surface area (Å²) in [6, 6.07) is 6.98. The molecule has 1 aliphatic heterocycles. The highest BCUT2D eigenvalue weighted by molar-refractivity contribution is 7.10. The smallest absolute Gasteiger partial charge is 0.241 e. The Labute approximate surface area is 143 Å². The lowest BCUT2D eigenvalue weighted by molar-refractivity contribution is -0.121. The molecule has 2 aromatic rings. The topological polar surface area (TPSA) is 32.3 Å². The van der Waals surface area contributed by atoms with E-state index in [1.165, 1.54) is 10.4 Å². The molecular weight excluding hydrogens is 339 g/mol. The van der Waals surface area contributed by atoms with Crippen molar-refractivity contribution in [2.45, 2.75) is 25.9 Å². The fraction of sp³-hybridized carbons (Fsp3) is 0.312. The quantitative estimate of drug-likeness (QED) is 0.883. The van der Waals surface area contributed by atoms with Gasteiger partial charge in [0.05, 0.1) is 16.8 Å². The summed E-state index contributed by atoms with van der Waals surface area (Å²) in [5, 5.41) is 6.03. The number of hydrogen-bond donors (Lipinski definition) is 1. The summed E-state index contributed by atoms with van der Waals surface area (Å²) in [7, 11) is 0. The molecule has 0 spiro atoms. The maximum atomic E-state index is 12.5. The Bertz CT molecular complexity index is 701. The molecule has 3 nitrogen and oxygen atoms in total. The maximum Gasteiger partial charge on any atom is 0.241 e. The van der Waals surface area contributed by atoms with Crippen molar-refractivity contribution in [1.82, 2.24) is 4.90 Å². The third-order valence-corrected chi connectivity index (χ3v) is 5.54. The molecule has 1 aromatic heterocycles. The molecule has 0 fully saturated rings. The van der Waals surface area contributed by atoms with Gasteiger partial charge in [-0.2, -0.15) is 0 Å². The zero-order chi connectivity index (χ0) is 15.7. The number of anilines is 1. The summed E-state index contributed by atoms with van der Waals surface area (Å²) in [4.78, 5) is 16.1. The lowest BCUT2D eigenvalue weighted by atomic mass is 10.1. The normalized spacial score (nSPS) is 16.1. The van der Waals surface area contributed by atoms with Crippen LogP contribution in [0.2, 0.25) is 10.0 Å². The molecule has 0 bridgehead atoms. The molecule has 116 valence electrons. The lowest BCUT2D eigenvalue weighted by Crippen LogP contribution is -2.44. The first-order chi connectivity index (χ1) is 10.5. The van der Waals surface area contributed by atoms with Crippen LogP contribution < -0.4 is 5.32 Å². The number of hydrogen-bond acceptors (Lipinski definition) is 3. The van der Waals surface area contributed by atoms with Crippen LogP contribution in [0.1, 0.15) is 17.4 Å². The predicted octanol–water partition coefficient (Wildman–Crippen LogP) is 4.44. The van der Waals surface area contributed by atoms with Crippen molar-refractivity contribution in [1.29, 1.82) is 0 Å². The number of rotatable bonds is 3. The summed E-state index contributed by atoms with van der Waals surface area (Å²) < 4.78 is 0. The number of nitrogens with one attached hydrogen (secondary N) is 1. The zero-order valence-electron chi connectivity index (χ0n) is 12.1. The number of carbonyl (C=O) groups is 1. The van der Waals surface area contributed by atoms with Gasteiger partial charge in [-0.05, 0) is 48.6 Å². The molecule has 1 aliphatic rings. The van der Waals surface area contributed by atoms with E-state index in [0.717, 1.165) is 19.5 Å². The highest BCUT2D eigenvalue weighted by Crippen LogP contribution is 2.27. The van der Waals surface area contributed by atoms with Crippen LogP contribution in [-0.4, -0.2) is 23.4 Å². The lowest BCUT2D eigenvalue weighted by Gasteiger charge is -2.31. The Morgan fingerprint density at radius 2 is 2.18 bits per heavy atom. The minimum absolute atomic E-state index is 0.0668. The average molecular weight is 355 g/mol. The van der Waals surface area contributed by atoms with E-state index >= 15 is 0 Å². The molecule has 0 radical (unpaired) electrons. The van der Waals surface area contributed by atoms with E-state index in [1.807, 2.05) is 6.92 Å². The third kappa shape index (κ3) is 3.30. The Balaban J connectivity index is 1.69. The van der Waals surface area contributed by atoms with Crippen LogP contribution in [0.5, 0.6) is 0 Å². The molecule has 3 rings (SSSR count). The van der Waals surface area contributed by atoms with Gasteiger partial charge in [0.1, 0.15) is 0 Å². The fourth-order valence-corrected chi connectivity index (χ4v) is 3.82. The van der Waals surface area contributed by atoms with Gasteiger partial charge in [0.2, 0.25) is 5.91 Å². The van der Waals surface area contributed by atoms with Crippen molar-refractivity contribution in [2.75, 3.05) is 11.9 Å². The standard InChI is InChI=1S/C16H16Cl2N2OS/c1-10(20-6-4-15-11(9-20)5-7-22-15)16(21)19-14-8-12(17)2-3-13(14)18/h2-3,5,7-8,10H,4,6,9H2,1H3,(H,19,21). The van der Waals surface area contributed by atoms with Crippen molar-refractivity contribution in [2.24, 2.45) is 0 Å². The predicted molar refractivity (Wildman–Crippen MR) is 93.0 cm³/mol. The highest BCUT2D eigenvalue weighted by atomic mass is 35.5. The van der Waals surface area contributed by atoms with Crippen LogP contribution in [0.4, 0.5) is 5.69 Å². The molecule has 0 saturated heterocycles. The Kier molecular flexibility index (Phi) is 4.73. The summed E-state index contributed by atoms with van der Waals surface area (Å²) in [6.07, 6.45) is 1.00. The number of carbonyl (C=O) groups excluding carboxylic acids is 1. The van der Waals surface area contributed by atoms with Gasteiger partial charge in [-0.15, -0.1) is 11.3 Å². The third-order valence-electron chi connectivity index (χ3n) is 3.95. The summed E-state index contributed by atoms with van der Waals surface area (Å²) in [5.74, 6) is -0.0668. The summed E-state index contributed by atoms with van der Waals surface area (Å²) in [6.45, 7) is 3.63. The van der Waals surface area contributed by atoms with Gasteiger partial charge < -0.3 is 5.32 Å². The number of amides is 1. The Morgan fingerprint density at radius 3 is 3.00 bits per heavy atom. The van der Waals surface area contributed by atoms with E-state index in [9.17, 15) is 4.79 Å². The molecule has 1 unspecified atom stereocenters. The summed E-state index contributed by atoms with van der Waals surface area (Å²) in [5.41, 5.74) is 1.89. The molecule has 6 heteroatoms. The molecule has 0 saturated carbocycles. The van der Waals surface area contributed by atoms with Crippen LogP contribution in [0.3, 0.4) is 0 Å². The van der Waals surface area contributed by atoms with Crippen molar-refractivity contribution in [3.8, 4) is 0 Å². The van der Waals surface area contributed by atoms with Crippen molar-refractivity contribution >= 4 is 46.1 Å². The van der Waals surface area contributed by atoms with Crippen molar-refractivity contribution in [3.63, 3.8) is 0 Å². The van der Waals surface area contributed by atoms with E-state index in [4.69, 9.17) is 23.2 Å². The molecule has 0 aliphatic carbocycles. The van der Waals surface area contributed by atoms with Crippen LogP contribution in [0.25, 0.3) is 0 Å².